The average molecular weight is 437 g/mol. The zero-order chi connectivity index (χ0) is 22.4. The van der Waals surface area contributed by atoms with Gasteiger partial charge in [-0.1, -0.05) is 38.3 Å². The summed E-state index contributed by atoms with van der Waals surface area (Å²) in [6.07, 6.45) is 2.13. The topological polar surface area (TPSA) is 45.5 Å². The van der Waals surface area contributed by atoms with Crippen LogP contribution in [0, 0.1) is 0 Å². The Morgan fingerprint density at radius 3 is 2.39 bits per heavy atom. The number of hydrogen-bond donors (Lipinski definition) is 1. The standard InChI is InChI=1S/C24H31F3N2O2/c1-3-17(2)28-23(30)22-14-13-21(31-22)16-29(20-7-5-4-6-8-20)15-18-9-11-19(12-10-18)24(25,26)27/h9-14,17,20H,3-8,15-16H2,1-2H3,(H,28,30). The zero-order valence-electron chi connectivity index (χ0n) is 18.2. The smallest absolute Gasteiger partial charge is 0.416 e. The second-order valence-corrected chi connectivity index (χ2v) is 8.44. The second kappa shape index (κ2) is 10.4. The minimum absolute atomic E-state index is 0.0689. The minimum atomic E-state index is -4.33. The fourth-order valence-corrected chi connectivity index (χ4v) is 3.98. The fraction of sp³-hybridized carbons (Fsp3) is 0.542. The highest BCUT2D eigenvalue weighted by molar-refractivity contribution is 5.91. The van der Waals surface area contributed by atoms with Gasteiger partial charge in [0.15, 0.2) is 5.76 Å². The van der Waals surface area contributed by atoms with Gasteiger partial charge in [0.25, 0.3) is 5.91 Å². The number of amides is 1. The van der Waals surface area contributed by atoms with E-state index in [9.17, 15) is 18.0 Å². The van der Waals surface area contributed by atoms with Gasteiger partial charge in [0, 0.05) is 18.6 Å². The maximum Gasteiger partial charge on any atom is 0.416 e. The summed E-state index contributed by atoms with van der Waals surface area (Å²) in [5.41, 5.74) is 0.198. The molecular weight excluding hydrogens is 405 g/mol. The Morgan fingerprint density at radius 1 is 1.10 bits per heavy atom. The van der Waals surface area contributed by atoms with Crippen LogP contribution < -0.4 is 5.32 Å². The van der Waals surface area contributed by atoms with Crippen LogP contribution in [0.25, 0.3) is 0 Å². The molecule has 0 spiro atoms. The molecule has 7 heteroatoms. The van der Waals surface area contributed by atoms with Crippen LogP contribution in [0.5, 0.6) is 0 Å². The van der Waals surface area contributed by atoms with Gasteiger partial charge in [0.2, 0.25) is 0 Å². The van der Waals surface area contributed by atoms with Crippen LogP contribution in [0.4, 0.5) is 13.2 Å². The minimum Gasteiger partial charge on any atom is -0.455 e. The molecule has 1 N–H and O–H groups in total. The molecule has 0 aliphatic heterocycles. The van der Waals surface area contributed by atoms with E-state index in [1.165, 1.54) is 6.42 Å². The van der Waals surface area contributed by atoms with Gasteiger partial charge in [-0.15, -0.1) is 0 Å². The maximum absolute atomic E-state index is 12.9. The molecule has 2 aromatic rings. The van der Waals surface area contributed by atoms with Crippen molar-refractivity contribution in [2.45, 2.75) is 83.7 Å². The van der Waals surface area contributed by atoms with Crippen molar-refractivity contribution in [1.82, 2.24) is 10.2 Å². The summed E-state index contributed by atoms with van der Waals surface area (Å²) in [4.78, 5) is 14.6. The van der Waals surface area contributed by atoms with Crippen LogP contribution in [0.2, 0.25) is 0 Å². The number of benzene rings is 1. The van der Waals surface area contributed by atoms with Crippen molar-refractivity contribution in [3.63, 3.8) is 0 Å². The molecule has 1 unspecified atom stereocenters. The molecule has 1 aliphatic carbocycles. The zero-order valence-corrected chi connectivity index (χ0v) is 18.2. The van der Waals surface area contributed by atoms with Gasteiger partial charge in [-0.25, -0.2) is 0 Å². The Kier molecular flexibility index (Phi) is 7.81. The molecular formula is C24H31F3N2O2. The third kappa shape index (κ3) is 6.60. The number of hydrogen-bond acceptors (Lipinski definition) is 3. The number of nitrogens with one attached hydrogen (secondary N) is 1. The van der Waals surface area contributed by atoms with Gasteiger partial charge >= 0.3 is 6.18 Å². The summed E-state index contributed by atoms with van der Waals surface area (Å²) in [5.74, 6) is 0.743. The Bertz CT molecular complexity index is 839. The first-order chi connectivity index (χ1) is 14.8. The predicted octanol–water partition coefficient (Wildman–Crippen LogP) is 6.16. The van der Waals surface area contributed by atoms with E-state index in [-0.39, 0.29) is 17.7 Å². The summed E-state index contributed by atoms with van der Waals surface area (Å²) in [5, 5.41) is 2.89. The molecule has 31 heavy (non-hydrogen) atoms. The maximum atomic E-state index is 12.9. The van der Waals surface area contributed by atoms with E-state index in [2.05, 4.69) is 10.2 Å². The van der Waals surface area contributed by atoms with Gasteiger partial charge in [-0.05, 0) is 56.0 Å². The van der Waals surface area contributed by atoms with E-state index in [1.54, 1.807) is 18.2 Å². The summed E-state index contributed by atoms with van der Waals surface area (Å²) < 4.78 is 44.4. The van der Waals surface area contributed by atoms with Crippen LogP contribution >= 0.6 is 0 Å². The van der Waals surface area contributed by atoms with Crippen LogP contribution in [-0.2, 0) is 19.3 Å². The van der Waals surface area contributed by atoms with E-state index in [4.69, 9.17) is 4.42 Å². The lowest BCUT2D eigenvalue weighted by molar-refractivity contribution is -0.137. The van der Waals surface area contributed by atoms with Gasteiger partial charge < -0.3 is 9.73 Å². The lowest BCUT2D eigenvalue weighted by atomic mass is 9.93. The first kappa shape index (κ1) is 23.4. The first-order valence-electron chi connectivity index (χ1n) is 11.1. The summed E-state index contributed by atoms with van der Waals surface area (Å²) in [7, 11) is 0. The molecule has 1 aliphatic rings. The predicted molar refractivity (Wildman–Crippen MR) is 113 cm³/mol. The summed E-state index contributed by atoms with van der Waals surface area (Å²) in [6, 6.07) is 9.28. The number of nitrogens with zero attached hydrogens (tertiary/aromatic N) is 1. The first-order valence-corrected chi connectivity index (χ1v) is 11.1. The van der Waals surface area contributed by atoms with Crippen LogP contribution in [0.15, 0.2) is 40.8 Å². The number of carbonyl (C=O) groups excluding carboxylic acids is 1. The number of furan rings is 1. The lowest BCUT2D eigenvalue weighted by Gasteiger charge is -2.34. The molecule has 3 rings (SSSR count). The van der Waals surface area contributed by atoms with Gasteiger partial charge in [0.1, 0.15) is 5.76 Å². The largest absolute Gasteiger partial charge is 0.455 e. The molecule has 1 atom stereocenters. The normalized spacial score (nSPS) is 16.5. The van der Waals surface area contributed by atoms with Crippen molar-refractivity contribution in [3.05, 3.63) is 59.0 Å². The highest BCUT2D eigenvalue weighted by Crippen LogP contribution is 2.30. The molecule has 0 radical (unpaired) electrons. The van der Waals surface area contributed by atoms with E-state index in [0.29, 0.717) is 24.9 Å². The van der Waals surface area contributed by atoms with Crippen LogP contribution in [-0.4, -0.2) is 22.9 Å². The van der Waals surface area contributed by atoms with E-state index < -0.39 is 11.7 Å². The monoisotopic (exact) mass is 436 g/mol. The quantitative estimate of drug-likeness (QED) is 0.539. The highest BCUT2D eigenvalue weighted by atomic mass is 19.4. The molecule has 4 nitrogen and oxygen atoms in total. The van der Waals surface area contributed by atoms with Crippen LogP contribution in [0.3, 0.4) is 0 Å². The number of alkyl halides is 3. The van der Waals surface area contributed by atoms with Crippen molar-refractivity contribution in [2.24, 2.45) is 0 Å². The van der Waals surface area contributed by atoms with Gasteiger partial charge in [-0.3, -0.25) is 9.69 Å². The Morgan fingerprint density at radius 2 is 1.77 bits per heavy atom. The molecule has 1 heterocycles. The molecule has 1 aromatic carbocycles. The van der Waals surface area contributed by atoms with Crippen molar-refractivity contribution in [3.8, 4) is 0 Å². The second-order valence-electron chi connectivity index (χ2n) is 8.44. The third-order valence-corrected chi connectivity index (χ3v) is 5.99. The number of halogens is 3. The molecule has 1 amide bonds. The summed E-state index contributed by atoms with van der Waals surface area (Å²) >= 11 is 0. The van der Waals surface area contributed by atoms with Crippen molar-refractivity contribution in [1.29, 1.82) is 0 Å². The molecule has 0 saturated heterocycles. The molecule has 1 saturated carbocycles. The Hall–Kier alpha value is -2.28. The van der Waals surface area contributed by atoms with Crippen molar-refractivity contribution < 1.29 is 22.4 Å². The van der Waals surface area contributed by atoms with E-state index >= 15 is 0 Å². The van der Waals surface area contributed by atoms with E-state index in [1.807, 2.05) is 19.9 Å². The molecule has 1 fully saturated rings. The fourth-order valence-electron chi connectivity index (χ4n) is 3.98. The third-order valence-electron chi connectivity index (χ3n) is 5.99. The van der Waals surface area contributed by atoms with E-state index in [0.717, 1.165) is 49.8 Å². The molecule has 1 aromatic heterocycles. The average Bonchev–Trinajstić information content (AvgIpc) is 3.22. The summed E-state index contributed by atoms with van der Waals surface area (Å²) in [6.45, 7) is 5.00. The Labute approximate surface area is 181 Å². The lowest BCUT2D eigenvalue weighted by Crippen LogP contribution is -2.35. The van der Waals surface area contributed by atoms with Crippen molar-refractivity contribution in [2.75, 3.05) is 0 Å². The van der Waals surface area contributed by atoms with Gasteiger partial charge in [-0.2, -0.15) is 13.2 Å². The molecule has 170 valence electrons. The van der Waals surface area contributed by atoms with Crippen LogP contribution in [0.1, 0.15) is 79.8 Å². The highest BCUT2D eigenvalue weighted by Gasteiger charge is 2.30. The number of carbonyl (C=O) groups is 1. The number of rotatable bonds is 8. The van der Waals surface area contributed by atoms with Crippen molar-refractivity contribution >= 4 is 5.91 Å². The molecule has 0 bridgehead atoms. The SMILES string of the molecule is CCC(C)NC(=O)c1ccc(CN(Cc2ccc(C(F)(F)F)cc2)C2CCCCC2)o1. The van der Waals surface area contributed by atoms with Gasteiger partial charge in [0.05, 0.1) is 12.1 Å². The Balaban J connectivity index is 1.72.